The normalized spacial score (nSPS) is 18.4. The lowest BCUT2D eigenvalue weighted by molar-refractivity contribution is -0.124. The van der Waals surface area contributed by atoms with Crippen molar-refractivity contribution in [2.75, 3.05) is 13.6 Å². The number of aromatic hydroxyl groups is 1. The zero-order valence-corrected chi connectivity index (χ0v) is 11.1. The van der Waals surface area contributed by atoms with Crippen LogP contribution in [0.3, 0.4) is 0 Å². The van der Waals surface area contributed by atoms with Gasteiger partial charge in [0.15, 0.2) is 0 Å². The van der Waals surface area contributed by atoms with Crippen molar-refractivity contribution < 1.29 is 14.7 Å². The van der Waals surface area contributed by atoms with Gasteiger partial charge in [-0.3, -0.25) is 9.59 Å². The molecule has 1 atom stereocenters. The first kappa shape index (κ1) is 13.4. The Morgan fingerprint density at radius 1 is 1.42 bits per heavy atom. The quantitative estimate of drug-likeness (QED) is 0.837. The lowest BCUT2D eigenvalue weighted by atomic mass is 10.1. The molecular weight excluding hydrogens is 244 g/mol. The molecule has 1 aliphatic rings. The van der Waals surface area contributed by atoms with Crippen LogP contribution >= 0.6 is 0 Å². The monoisotopic (exact) mass is 262 g/mol. The molecule has 19 heavy (non-hydrogen) atoms. The van der Waals surface area contributed by atoms with Gasteiger partial charge in [0.2, 0.25) is 5.91 Å². The molecule has 0 radical (unpaired) electrons. The van der Waals surface area contributed by atoms with Gasteiger partial charge in [-0.05, 0) is 37.5 Å². The van der Waals surface area contributed by atoms with Gasteiger partial charge < -0.3 is 15.3 Å². The van der Waals surface area contributed by atoms with E-state index in [0.717, 1.165) is 12.0 Å². The predicted molar refractivity (Wildman–Crippen MR) is 71.0 cm³/mol. The first-order chi connectivity index (χ1) is 9.04. The topological polar surface area (TPSA) is 69.6 Å². The van der Waals surface area contributed by atoms with E-state index in [1.807, 2.05) is 6.92 Å². The maximum absolute atomic E-state index is 12.4. The van der Waals surface area contributed by atoms with Crippen molar-refractivity contribution in [1.29, 1.82) is 0 Å². The maximum Gasteiger partial charge on any atom is 0.258 e. The van der Waals surface area contributed by atoms with E-state index in [1.165, 1.54) is 4.90 Å². The molecule has 2 N–H and O–H groups in total. The van der Waals surface area contributed by atoms with Gasteiger partial charge in [-0.1, -0.05) is 6.07 Å². The number of rotatable bonds is 2. The minimum absolute atomic E-state index is 0.0347. The summed E-state index contributed by atoms with van der Waals surface area (Å²) in [6.45, 7) is 2.39. The van der Waals surface area contributed by atoms with Gasteiger partial charge in [-0.2, -0.15) is 0 Å². The average molecular weight is 262 g/mol. The van der Waals surface area contributed by atoms with Gasteiger partial charge >= 0.3 is 0 Å². The van der Waals surface area contributed by atoms with E-state index >= 15 is 0 Å². The maximum atomic E-state index is 12.4. The number of likely N-dealkylation sites (tertiary alicyclic amines) is 1. The fourth-order valence-corrected chi connectivity index (χ4v) is 2.43. The highest BCUT2D eigenvalue weighted by atomic mass is 16.3. The Hall–Kier alpha value is -2.04. The summed E-state index contributed by atoms with van der Waals surface area (Å²) in [5.41, 5.74) is 1.14. The number of aryl methyl sites for hydroxylation is 1. The zero-order chi connectivity index (χ0) is 14.0. The van der Waals surface area contributed by atoms with Gasteiger partial charge in [0.25, 0.3) is 5.91 Å². The Morgan fingerprint density at radius 2 is 2.16 bits per heavy atom. The summed E-state index contributed by atoms with van der Waals surface area (Å²) < 4.78 is 0. The number of nitrogens with one attached hydrogen (secondary N) is 1. The first-order valence-electron chi connectivity index (χ1n) is 6.36. The number of likely N-dealkylation sites (N-methyl/N-ethyl adjacent to an activating group) is 1. The second-order valence-corrected chi connectivity index (χ2v) is 4.79. The molecule has 1 aliphatic heterocycles. The van der Waals surface area contributed by atoms with Crippen molar-refractivity contribution >= 4 is 11.8 Å². The number of hydrogen-bond acceptors (Lipinski definition) is 3. The second kappa shape index (κ2) is 5.30. The molecule has 0 bridgehead atoms. The third-order valence-corrected chi connectivity index (χ3v) is 3.45. The highest BCUT2D eigenvalue weighted by Gasteiger charge is 2.34. The van der Waals surface area contributed by atoms with E-state index in [2.05, 4.69) is 5.32 Å². The number of phenols is 1. The molecule has 1 aromatic carbocycles. The van der Waals surface area contributed by atoms with Gasteiger partial charge in [0.1, 0.15) is 11.8 Å². The van der Waals surface area contributed by atoms with Crippen LogP contribution in [0.2, 0.25) is 0 Å². The molecule has 5 nitrogen and oxygen atoms in total. The van der Waals surface area contributed by atoms with E-state index in [-0.39, 0.29) is 23.1 Å². The Balaban J connectivity index is 2.25. The summed E-state index contributed by atoms with van der Waals surface area (Å²) in [6.07, 6.45) is 1.47. The minimum atomic E-state index is -0.432. The molecule has 0 aromatic heterocycles. The summed E-state index contributed by atoms with van der Waals surface area (Å²) in [5, 5.41) is 12.4. The summed E-state index contributed by atoms with van der Waals surface area (Å²) in [6, 6.07) is 4.50. The molecule has 1 fully saturated rings. The van der Waals surface area contributed by atoms with Crippen molar-refractivity contribution in [3.8, 4) is 5.75 Å². The molecule has 1 saturated heterocycles. The van der Waals surface area contributed by atoms with Gasteiger partial charge in [0.05, 0.1) is 5.56 Å². The van der Waals surface area contributed by atoms with Crippen LogP contribution < -0.4 is 5.32 Å². The Bertz CT molecular complexity index is 513. The SMILES string of the molecule is CNC(=O)C1CCCN1C(=O)c1ccc(C)cc1O. The molecule has 1 unspecified atom stereocenters. The van der Waals surface area contributed by atoms with Crippen LogP contribution in [0.4, 0.5) is 0 Å². The van der Waals surface area contributed by atoms with E-state index in [1.54, 1.807) is 25.2 Å². The number of carbonyl (C=O) groups is 2. The van der Waals surface area contributed by atoms with Crippen LogP contribution in [0.1, 0.15) is 28.8 Å². The Labute approximate surface area is 112 Å². The highest BCUT2D eigenvalue weighted by molar-refractivity contribution is 5.99. The summed E-state index contributed by atoms with van der Waals surface area (Å²) in [7, 11) is 1.56. The number of phenolic OH excluding ortho intramolecular Hbond substituents is 1. The number of hydrogen-bond donors (Lipinski definition) is 2. The van der Waals surface area contributed by atoms with Crippen molar-refractivity contribution in [2.24, 2.45) is 0 Å². The van der Waals surface area contributed by atoms with Crippen LogP contribution in [0.25, 0.3) is 0 Å². The van der Waals surface area contributed by atoms with E-state index < -0.39 is 6.04 Å². The molecule has 1 heterocycles. The Morgan fingerprint density at radius 3 is 2.79 bits per heavy atom. The van der Waals surface area contributed by atoms with Gasteiger partial charge in [-0.15, -0.1) is 0 Å². The van der Waals surface area contributed by atoms with Crippen molar-refractivity contribution in [1.82, 2.24) is 10.2 Å². The van der Waals surface area contributed by atoms with Crippen LogP contribution in [-0.2, 0) is 4.79 Å². The smallest absolute Gasteiger partial charge is 0.258 e. The first-order valence-corrected chi connectivity index (χ1v) is 6.36. The van der Waals surface area contributed by atoms with E-state index in [4.69, 9.17) is 0 Å². The third-order valence-electron chi connectivity index (χ3n) is 3.45. The molecule has 1 aromatic rings. The molecule has 2 amide bonds. The lowest BCUT2D eigenvalue weighted by Gasteiger charge is -2.23. The molecule has 0 spiro atoms. The van der Waals surface area contributed by atoms with Gasteiger partial charge in [-0.25, -0.2) is 0 Å². The van der Waals surface area contributed by atoms with Crippen LogP contribution in [0.15, 0.2) is 18.2 Å². The van der Waals surface area contributed by atoms with Crippen LogP contribution in [0.5, 0.6) is 5.75 Å². The largest absolute Gasteiger partial charge is 0.507 e. The minimum Gasteiger partial charge on any atom is -0.507 e. The fraction of sp³-hybridized carbons (Fsp3) is 0.429. The van der Waals surface area contributed by atoms with Crippen LogP contribution in [0, 0.1) is 6.92 Å². The fourth-order valence-electron chi connectivity index (χ4n) is 2.43. The summed E-state index contributed by atoms with van der Waals surface area (Å²) in [4.78, 5) is 25.7. The number of benzene rings is 1. The predicted octanol–water partition coefficient (Wildman–Crippen LogP) is 1.05. The molecule has 2 rings (SSSR count). The number of nitrogens with zero attached hydrogens (tertiary/aromatic N) is 1. The standard InChI is InChI=1S/C14H18N2O3/c1-9-5-6-10(12(17)8-9)14(19)16-7-3-4-11(16)13(18)15-2/h5-6,8,11,17H,3-4,7H2,1-2H3,(H,15,18). The van der Waals surface area contributed by atoms with Gasteiger partial charge in [0, 0.05) is 13.6 Å². The third kappa shape index (κ3) is 2.54. The molecule has 0 saturated carbocycles. The van der Waals surface area contributed by atoms with Crippen molar-refractivity contribution in [3.05, 3.63) is 29.3 Å². The summed E-state index contributed by atoms with van der Waals surface area (Å²) in [5.74, 6) is -0.478. The molecule has 0 aliphatic carbocycles. The number of amides is 2. The lowest BCUT2D eigenvalue weighted by Crippen LogP contribution is -2.44. The summed E-state index contributed by atoms with van der Waals surface area (Å²) >= 11 is 0. The van der Waals surface area contributed by atoms with Crippen molar-refractivity contribution in [3.63, 3.8) is 0 Å². The molecular formula is C14H18N2O3. The van der Waals surface area contributed by atoms with E-state index in [9.17, 15) is 14.7 Å². The van der Waals surface area contributed by atoms with E-state index in [0.29, 0.717) is 13.0 Å². The second-order valence-electron chi connectivity index (χ2n) is 4.79. The van der Waals surface area contributed by atoms with Crippen LogP contribution in [-0.4, -0.2) is 41.5 Å². The zero-order valence-electron chi connectivity index (χ0n) is 11.1. The highest BCUT2D eigenvalue weighted by Crippen LogP contribution is 2.25. The average Bonchev–Trinajstić information content (AvgIpc) is 2.86. The molecule has 102 valence electrons. The molecule has 5 heteroatoms. The number of carbonyl (C=O) groups excluding carboxylic acids is 2. The van der Waals surface area contributed by atoms with Crippen molar-refractivity contribution in [2.45, 2.75) is 25.8 Å². The Kier molecular flexibility index (Phi) is 3.74.